The molecule has 0 heterocycles. The molecule has 0 saturated carbocycles. The van der Waals surface area contributed by atoms with Crippen LogP contribution in [0.4, 0.5) is 0 Å². The molecule has 0 amide bonds. The van der Waals surface area contributed by atoms with E-state index in [0.717, 1.165) is 16.6 Å². The summed E-state index contributed by atoms with van der Waals surface area (Å²) < 4.78 is 0. The van der Waals surface area contributed by atoms with Crippen LogP contribution in [0.2, 0.25) is 0 Å². The summed E-state index contributed by atoms with van der Waals surface area (Å²) in [5, 5.41) is 0. The predicted octanol–water partition coefficient (Wildman–Crippen LogP) is -0.158. The van der Waals surface area contributed by atoms with Gasteiger partial charge < -0.3 is 0 Å². The summed E-state index contributed by atoms with van der Waals surface area (Å²) in [6, 6.07) is 0. The van der Waals surface area contributed by atoms with E-state index in [2.05, 4.69) is 10.1 Å². The fourth-order valence-corrected chi connectivity index (χ4v) is 0. The predicted molar refractivity (Wildman–Crippen MR) is 26.5 cm³/mol. The molecule has 0 aromatic rings. The van der Waals surface area contributed by atoms with Crippen molar-refractivity contribution < 1.29 is 16.6 Å². The van der Waals surface area contributed by atoms with E-state index in [4.69, 9.17) is 0 Å². The van der Waals surface area contributed by atoms with Gasteiger partial charge in [0.1, 0.15) is 0 Å². The molecule has 0 aliphatic rings. The SMILES string of the molecule is S.[CaH2].[S]=[Zn]. The Labute approximate surface area is 76.5 Å². The van der Waals surface area contributed by atoms with E-state index in [9.17, 15) is 0 Å². The third-order valence-corrected chi connectivity index (χ3v) is 0. The zero-order chi connectivity index (χ0) is 2.00. The molecule has 0 rings (SSSR count). The molecule has 0 aliphatic heterocycles. The Morgan fingerprint density at radius 3 is 1.25 bits per heavy atom. The van der Waals surface area contributed by atoms with Crippen LogP contribution in [0.5, 0.6) is 0 Å². The van der Waals surface area contributed by atoms with Crippen molar-refractivity contribution in [1.29, 1.82) is 0 Å². The molecule has 0 radical (unpaired) electrons. The first-order valence-electron chi connectivity index (χ1n) is 0.289. The van der Waals surface area contributed by atoms with Gasteiger partial charge in [0.2, 0.25) is 0 Å². The van der Waals surface area contributed by atoms with Crippen molar-refractivity contribution in [2.75, 3.05) is 0 Å². The van der Waals surface area contributed by atoms with Gasteiger partial charge in [-0.3, -0.25) is 0 Å². The Morgan fingerprint density at radius 2 is 1.25 bits per heavy atom. The van der Waals surface area contributed by atoms with Gasteiger partial charge in [-0.15, -0.1) is 0 Å². The molecule has 0 N–H and O–H groups in total. The van der Waals surface area contributed by atoms with Gasteiger partial charge >= 0.3 is 64.4 Å². The molecule has 0 aliphatic carbocycles. The molecule has 0 aromatic heterocycles. The Balaban J connectivity index is -0.00000000500. The summed E-state index contributed by atoms with van der Waals surface area (Å²) in [5.41, 5.74) is 0. The maximum absolute atomic E-state index is 4.21. The van der Waals surface area contributed by atoms with Crippen molar-refractivity contribution in [1.82, 2.24) is 0 Å². The van der Waals surface area contributed by atoms with E-state index in [-0.39, 0.29) is 51.2 Å². The Hall–Kier alpha value is 2.45. The Kier molecular flexibility index (Phi) is 72.3. The van der Waals surface area contributed by atoms with Gasteiger partial charge in [-0.2, -0.15) is 13.5 Å². The molecule has 0 nitrogen and oxygen atoms in total. The van der Waals surface area contributed by atoms with Crippen LogP contribution in [0, 0.1) is 0 Å². The van der Waals surface area contributed by atoms with Gasteiger partial charge in [-0.05, 0) is 0 Å². The minimum absolute atomic E-state index is 0. The minimum atomic E-state index is 0. The monoisotopic (exact) mass is 172 g/mol. The summed E-state index contributed by atoms with van der Waals surface area (Å²) in [5.74, 6) is 0. The normalized spacial score (nSPS) is 1.50. The van der Waals surface area contributed by atoms with E-state index in [1.807, 2.05) is 0 Å². The van der Waals surface area contributed by atoms with Crippen LogP contribution in [-0.2, 0) is 16.6 Å². The zero-order valence-corrected chi connectivity index (χ0v) is 6.40. The fourth-order valence-electron chi connectivity index (χ4n) is 0. The Morgan fingerprint density at radius 1 is 1.25 bits per heavy atom. The van der Waals surface area contributed by atoms with Crippen LogP contribution >= 0.6 is 23.6 Å². The molecule has 0 spiro atoms. The summed E-state index contributed by atoms with van der Waals surface area (Å²) in [6.45, 7) is 0. The quantitative estimate of drug-likeness (QED) is 0.459. The topological polar surface area (TPSA) is 0 Å². The van der Waals surface area contributed by atoms with Crippen molar-refractivity contribution in [2.24, 2.45) is 0 Å². The molecular formula is H4CaS2Zn. The molecule has 0 aromatic carbocycles. The van der Waals surface area contributed by atoms with Gasteiger partial charge in [0.25, 0.3) is 0 Å². The number of hydrogen-bond donors (Lipinski definition) is 0. The molecule has 4 heavy (non-hydrogen) atoms. The average molecular weight is 174 g/mol. The van der Waals surface area contributed by atoms with Gasteiger partial charge in [0, 0.05) is 0 Å². The van der Waals surface area contributed by atoms with E-state index in [0.29, 0.717) is 0 Å². The van der Waals surface area contributed by atoms with E-state index in [1.54, 1.807) is 0 Å². The number of hydrogen-bond acceptors (Lipinski definition) is 1. The first-order chi connectivity index (χ1) is 1.00. The van der Waals surface area contributed by atoms with Crippen LogP contribution in [0.25, 0.3) is 0 Å². The van der Waals surface area contributed by atoms with Crippen molar-refractivity contribution in [3.05, 3.63) is 0 Å². The second-order valence-electron chi connectivity index (χ2n) is 0. The van der Waals surface area contributed by atoms with Crippen molar-refractivity contribution in [2.45, 2.75) is 0 Å². The van der Waals surface area contributed by atoms with Crippen LogP contribution in [0.15, 0.2) is 0 Å². The van der Waals surface area contributed by atoms with Gasteiger partial charge in [0.15, 0.2) is 0 Å². The third kappa shape index (κ3) is 8.82. The summed E-state index contributed by atoms with van der Waals surface area (Å²) >= 11 is 0.958. The van der Waals surface area contributed by atoms with Gasteiger partial charge in [-0.25, -0.2) is 0 Å². The molecule has 0 unspecified atom stereocenters. The average Bonchev–Trinajstić information content (AvgIpc) is 1.00. The fraction of sp³-hybridized carbons (Fsp3) is 0. The molecular weight excluding hydrogens is 170 g/mol. The van der Waals surface area contributed by atoms with Crippen molar-refractivity contribution in [3.63, 3.8) is 0 Å². The van der Waals surface area contributed by atoms with E-state index >= 15 is 0 Å². The van der Waals surface area contributed by atoms with Crippen LogP contribution < -0.4 is 0 Å². The van der Waals surface area contributed by atoms with Gasteiger partial charge in [-0.1, -0.05) is 0 Å². The van der Waals surface area contributed by atoms with Crippen LogP contribution in [-0.4, -0.2) is 37.7 Å². The van der Waals surface area contributed by atoms with E-state index < -0.39 is 0 Å². The third-order valence-electron chi connectivity index (χ3n) is 0. The van der Waals surface area contributed by atoms with E-state index in [1.165, 1.54) is 0 Å². The first-order valence-corrected chi connectivity index (χ1v) is 4.50. The molecule has 0 fully saturated rings. The first kappa shape index (κ1) is 16.1. The maximum atomic E-state index is 4.21. The van der Waals surface area contributed by atoms with Crippen LogP contribution in [0.1, 0.15) is 0 Å². The molecule has 20 valence electrons. The second-order valence-corrected chi connectivity index (χ2v) is 0. The summed E-state index contributed by atoms with van der Waals surface area (Å²) in [6.07, 6.45) is 0. The summed E-state index contributed by atoms with van der Waals surface area (Å²) in [4.78, 5) is 0. The second kappa shape index (κ2) is 18.0. The van der Waals surface area contributed by atoms with Crippen LogP contribution in [0.3, 0.4) is 0 Å². The Bertz CT molecular complexity index is 6.00. The molecule has 0 atom stereocenters. The molecule has 0 bridgehead atoms. The summed E-state index contributed by atoms with van der Waals surface area (Å²) in [7, 11) is 4.21. The zero-order valence-electron chi connectivity index (χ0n) is 1.62. The molecule has 0 saturated heterocycles. The van der Waals surface area contributed by atoms with Gasteiger partial charge in [0.05, 0.1) is 0 Å². The number of rotatable bonds is 0. The van der Waals surface area contributed by atoms with Crippen molar-refractivity contribution >= 4 is 61.3 Å². The van der Waals surface area contributed by atoms with Crippen molar-refractivity contribution in [3.8, 4) is 0 Å². The molecule has 4 heteroatoms. The standard InChI is InChI=1S/Ca.H2S.S.Zn.2H/h;1H2;;;;.